The minimum absolute atomic E-state index is 0.230. The Kier molecular flexibility index (Phi) is 6.56. The second-order valence-electron chi connectivity index (χ2n) is 7.08. The average Bonchev–Trinajstić information content (AvgIpc) is 3.07. The summed E-state index contributed by atoms with van der Waals surface area (Å²) in [6, 6.07) is 20.7. The fraction of sp³-hybridized carbons (Fsp3) is 0.120. The zero-order valence-electron chi connectivity index (χ0n) is 17.3. The SMILES string of the molecule is COc1ccc(/C=C2\SC(=O)N(Cc3ccccc3)C2=O)cc1OCc1ccc(F)cc1. The van der Waals surface area contributed by atoms with E-state index in [2.05, 4.69) is 0 Å². The highest BCUT2D eigenvalue weighted by atomic mass is 32.2. The molecule has 0 bridgehead atoms. The molecule has 0 aromatic heterocycles. The summed E-state index contributed by atoms with van der Waals surface area (Å²) in [6.45, 7) is 0.463. The van der Waals surface area contributed by atoms with Gasteiger partial charge >= 0.3 is 0 Å². The third-order valence-corrected chi connectivity index (χ3v) is 5.76. The largest absolute Gasteiger partial charge is 0.493 e. The summed E-state index contributed by atoms with van der Waals surface area (Å²) in [4.78, 5) is 26.8. The standard InChI is InChI=1S/C25H20FNO4S/c1-30-21-12-9-19(13-22(21)31-16-18-7-10-20(26)11-8-18)14-23-24(28)27(25(29)32-23)15-17-5-3-2-4-6-17/h2-14H,15-16H2,1H3/b23-14-. The molecule has 4 rings (SSSR count). The molecule has 0 saturated carbocycles. The van der Waals surface area contributed by atoms with Crippen molar-refractivity contribution < 1.29 is 23.5 Å². The van der Waals surface area contributed by atoms with Crippen LogP contribution in [0.2, 0.25) is 0 Å². The Morgan fingerprint density at radius 1 is 0.938 bits per heavy atom. The highest BCUT2D eigenvalue weighted by Crippen LogP contribution is 2.35. The fourth-order valence-electron chi connectivity index (χ4n) is 3.19. The van der Waals surface area contributed by atoms with Crippen LogP contribution in [0.15, 0.2) is 77.7 Å². The maximum absolute atomic E-state index is 13.1. The second kappa shape index (κ2) is 9.70. The molecule has 1 aliphatic rings. The van der Waals surface area contributed by atoms with Crippen LogP contribution in [-0.4, -0.2) is 23.2 Å². The number of imide groups is 1. The molecule has 2 amide bonds. The van der Waals surface area contributed by atoms with Crippen LogP contribution in [0.5, 0.6) is 11.5 Å². The number of hydrogen-bond acceptors (Lipinski definition) is 5. The van der Waals surface area contributed by atoms with Gasteiger partial charge in [0.05, 0.1) is 18.6 Å². The van der Waals surface area contributed by atoms with Crippen molar-refractivity contribution in [1.82, 2.24) is 4.90 Å². The fourth-order valence-corrected chi connectivity index (χ4v) is 4.03. The normalized spacial score (nSPS) is 14.8. The number of amides is 2. The van der Waals surface area contributed by atoms with Crippen molar-refractivity contribution in [2.75, 3.05) is 7.11 Å². The molecule has 162 valence electrons. The van der Waals surface area contributed by atoms with Gasteiger partial charge in [-0.1, -0.05) is 48.5 Å². The Hall–Kier alpha value is -3.58. The van der Waals surface area contributed by atoms with Gasteiger partial charge in [-0.25, -0.2) is 4.39 Å². The van der Waals surface area contributed by atoms with E-state index in [4.69, 9.17) is 9.47 Å². The van der Waals surface area contributed by atoms with Gasteiger partial charge in [0, 0.05) is 0 Å². The average molecular weight is 450 g/mol. The van der Waals surface area contributed by atoms with E-state index in [-0.39, 0.29) is 30.1 Å². The van der Waals surface area contributed by atoms with E-state index < -0.39 is 0 Å². The van der Waals surface area contributed by atoms with E-state index in [9.17, 15) is 14.0 Å². The molecule has 1 saturated heterocycles. The maximum atomic E-state index is 13.1. The van der Waals surface area contributed by atoms with Crippen LogP contribution in [0, 0.1) is 5.82 Å². The highest BCUT2D eigenvalue weighted by molar-refractivity contribution is 8.18. The van der Waals surface area contributed by atoms with Crippen LogP contribution in [0.3, 0.4) is 0 Å². The molecule has 5 nitrogen and oxygen atoms in total. The van der Waals surface area contributed by atoms with E-state index in [0.29, 0.717) is 22.0 Å². The first kappa shape index (κ1) is 21.6. The van der Waals surface area contributed by atoms with Gasteiger partial charge in [-0.3, -0.25) is 14.5 Å². The first-order chi connectivity index (χ1) is 15.5. The van der Waals surface area contributed by atoms with E-state index in [1.165, 1.54) is 24.1 Å². The predicted molar refractivity (Wildman–Crippen MR) is 122 cm³/mol. The molecule has 1 aliphatic heterocycles. The molecule has 1 heterocycles. The Balaban J connectivity index is 1.51. The van der Waals surface area contributed by atoms with Gasteiger partial charge in [0.25, 0.3) is 11.1 Å². The molecule has 7 heteroatoms. The van der Waals surface area contributed by atoms with Gasteiger partial charge in [-0.15, -0.1) is 0 Å². The monoisotopic (exact) mass is 449 g/mol. The van der Waals surface area contributed by atoms with Crippen molar-refractivity contribution in [2.24, 2.45) is 0 Å². The Morgan fingerprint density at radius 3 is 2.41 bits per heavy atom. The lowest BCUT2D eigenvalue weighted by Crippen LogP contribution is -2.27. The molecule has 0 N–H and O–H groups in total. The lowest BCUT2D eigenvalue weighted by atomic mass is 10.1. The molecule has 3 aromatic carbocycles. The molecule has 32 heavy (non-hydrogen) atoms. The third kappa shape index (κ3) is 5.00. The van der Waals surface area contributed by atoms with Crippen molar-refractivity contribution >= 4 is 29.0 Å². The summed E-state index contributed by atoms with van der Waals surface area (Å²) in [5, 5.41) is -0.300. The number of rotatable bonds is 7. The van der Waals surface area contributed by atoms with Crippen LogP contribution in [-0.2, 0) is 17.9 Å². The van der Waals surface area contributed by atoms with Crippen LogP contribution in [0.4, 0.5) is 9.18 Å². The number of nitrogens with zero attached hydrogens (tertiary/aromatic N) is 1. The topological polar surface area (TPSA) is 55.8 Å². The molecule has 0 spiro atoms. The first-order valence-electron chi connectivity index (χ1n) is 9.88. The lowest BCUT2D eigenvalue weighted by molar-refractivity contribution is -0.123. The summed E-state index contributed by atoms with van der Waals surface area (Å²) in [7, 11) is 1.54. The third-order valence-electron chi connectivity index (χ3n) is 4.85. The Morgan fingerprint density at radius 2 is 1.69 bits per heavy atom. The summed E-state index contributed by atoms with van der Waals surface area (Å²) in [6.07, 6.45) is 1.67. The van der Waals surface area contributed by atoms with Gasteiger partial charge in [0.2, 0.25) is 0 Å². The summed E-state index contributed by atoms with van der Waals surface area (Å²) >= 11 is 0.914. The van der Waals surface area contributed by atoms with Gasteiger partial charge in [0.15, 0.2) is 11.5 Å². The molecule has 1 fully saturated rings. The summed E-state index contributed by atoms with van der Waals surface area (Å²) in [5.74, 6) is 0.374. The minimum atomic E-state index is -0.326. The number of benzene rings is 3. The molecular formula is C25H20FNO4S. The maximum Gasteiger partial charge on any atom is 0.293 e. The Labute approximate surface area is 189 Å². The smallest absolute Gasteiger partial charge is 0.293 e. The minimum Gasteiger partial charge on any atom is -0.493 e. The molecular weight excluding hydrogens is 429 g/mol. The van der Waals surface area contributed by atoms with Crippen LogP contribution < -0.4 is 9.47 Å². The molecule has 0 radical (unpaired) electrons. The predicted octanol–water partition coefficient (Wildman–Crippen LogP) is 5.65. The number of carbonyl (C=O) groups is 2. The number of carbonyl (C=O) groups excluding carboxylic acids is 2. The number of methoxy groups -OCH3 is 1. The van der Waals surface area contributed by atoms with E-state index in [1.54, 1.807) is 36.4 Å². The Bertz CT molecular complexity index is 1160. The van der Waals surface area contributed by atoms with Crippen LogP contribution >= 0.6 is 11.8 Å². The van der Waals surface area contributed by atoms with Gasteiger partial charge in [-0.2, -0.15) is 0 Å². The second-order valence-corrected chi connectivity index (χ2v) is 8.07. The van der Waals surface area contributed by atoms with E-state index >= 15 is 0 Å². The van der Waals surface area contributed by atoms with E-state index in [0.717, 1.165) is 22.9 Å². The van der Waals surface area contributed by atoms with Crippen molar-refractivity contribution in [3.05, 3.63) is 100 Å². The van der Waals surface area contributed by atoms with E-state index in [1.807, 2.05) is 30.3 Å². The van der Waals surface area contributed by atoms with Crippen molar-refractivity contribution in [3.63, 3.8) is 0 Å². The number of ether oxygens (including phenoxy) is 2. The number of thioether (sulfide) groups is 1. The van der Waals surface area contributed by atoms with Crippen molar-refractivity contribution in [3.8, 4) is 11.5 Å². The summed E-state index contributed by atoms with van der Waals surface area (Å²) < 4.78 is 24.3. The highest BCUT2D eigenvalue weighted by Gasteiger charge is 2.35. The van der Waals surface area contributed by atoms with Gasteiger partial charge < -0.3 is 9.47 Å². The number of hydrogen-bond donors (Lipinski definition) is 0. The first-order valence-corrected chi connectivity index (χ1v) is 10.7. The van der Waals surface area contributed by atoms with Gasteiger partial charge in [0.1, 0.15) is 12.4 Å². The molecule has 0 unspecified atom stereocenters. The quantitative estimate of drug-likeness (QED) is 0.436. The number of halogens is 1. The van der Waals surface area contributed by atoms with Crippen molar-refractivity contribution in [1.29, 1.82) is 0 Å². The van der Waals surface area contributed by atoms with Crippen LogP contribution in [0.1, 0.15) is 16.7 Å². The zero-order valence-corrected chi connectivity index (χ0v) is 18.1. The van der Waals surface area contributed by atoms with Gasteiger partial charge in [-0.05, 0) is 58.8 Å². The lowest BCUT2D eigenvalue weighted by Gasteiger charge is -2.12. The van der Waals surface area contributed by atoms with Crippen LogP contribution in [0.25, 0.3) is 6.08 Å². The molecule has 0 atom stereocenters. The van der Waals surface area contributed by atoms with Crippen molar-refractivity contribution in [2.45, 2.75) is 13.2 Å². The molecule has 3 aromatic rings. The summed E-state index contributed by atoms with van der Waals surface area (Å²) in [5.41, 5.74) is 2.39. The zero-order chi connectivity index (χ0) is 22.5. The molecule has 0 aliphatic carbocycles.